The lowest BCUT2D eigenvalue weighted by molar-refractivity contribution is -0.127. The van der Waals surface area contributed by atoms with Crippen LogP contribution < -0.4 is 10.2 Å². The van der Waals surface area contributed by atoms with Crippen molar-refractivity contribution in [1.82, 2.24) is 25.3 Å². The summed E-state index contributed by atoms with van der Waals surface area (Å²) in [5.41, 5.74) is 3.71. The van der Waals surface area contributed by atoms with Gasteiger partial charge in [-0.15, -0.1) is 5.10 Å². The number of benzene rings is 2. The molecule has 180 valence electrons. The highest BCUT2D eigenvalue weighted by Crippen LogP contribution is 2.29. The van der Waals surface area contributed by atoms with Crippen LogP contribution >= 0.6 is 0 Å². The first-order valence-corrected chi connectivity index (χ1v) is 11.8. The molecule has 2 heterocycles. The highest BCUT2D eigenvalue weighted by Gasteiger charge is 2.33. The molecule has 4 aromatic rings. The first kappa shape index (κ1) is 24.1. The largest absolute Gasteiger partial charge is 0.354 e. The lowest BCUT2D eigenvalue weighted by atomic mass is 10.0. The van der Waals surface area contributed by atoms with Crippen LogP contribution in [0.5, 0.6) is 0 Å². The van der Waals surface area contributed by atoms with Crippen molar-refractivity contribution in [1.29, 1.82) is 0 Å². The van der Waals surface area contributed by atoms with Gasteiger partial charge in [0.25, 0.3) is 0 Å². The molecule has 0 unspecified atom stereocenters. The molecule has 1 N–H and O–H groups in total. The van der Waals surface area contributed by atoms with E-state index in [1.54, 1.807) is 28.0 Å². The normalized spacial score (nSPS) is 12.0. The van der Waals surface area contributed by atoms with Gasteiger partial charge in [0.15, 0.2) is 0 Å². The molecule has 0 fully saturated rings. The number of nitrogens with one attached hydrogen (secondary N) is 1. The van der Waals surface area contributed by atoms with E-state index in [1.165, 1.54) is 0 Å². The number of aryl methyl sites for hydroxylation is 1. The van der Waals surface area contributed by atoms with Gasteiger partial charge in [-0.3, -0.25) is 19.5 Å². The third kappa shape index (κ3) is 5.71. The Morgan fingerprint density at radius 1 is 1.06 bits per heavy atom. The number of rotatable bonds is 9. The monoisotopic (exact) mass is 470 g/mol. The Hall–Kier alpha value is -4.07. The summed E-state index contributed by atoms with van der Waals surface area (Å²) in [7, 11) is 0. The van der Waals surface area contributed by atoms with Crippen molar-refractivity contribution in [2.45, 2.75) is 39.8 Å². The number of para-hydroxylation sites is 1. The third-order valence-electron chi connectivity index (χ3n) is 5.78. The zero-order valence-electron chi connectivity index (χ0n) is 20.3. The SMILES string of the molecule is Cc1cccc(N(C(=O)Cn2nnc3ccccc32)[C@H](C(=O)NCCC(C)C)c2cccnc2)c1. The van der Waals surface area contributed by atoms with E-state index in [2.05, 4.69) is 34.5 Å². The molecule has 0 aliphatic carbocycles. The molecule has 8 nitrogen and oxygen atoms in total. The fraction of sp³-hybridized carbons (Fsp3) is 0.296. The second kappa shape index (κ2) is 10.9. The molecule has 35 heavy (non-hydrogen) atoms. The number of carbonyl (C=O) groups excluding carboxylic acids is 2. The molecule has 2 amide bonds. The summed E-state index contributed by atoms with van der Waals surface area (Å²) in [5.74, 6) is -0.0849. The van der Waals surface area contributed by atoms with Crippen LogP contribution in [0.3, 0.4) is 0 Å². The molecule has 4 rings (SSSR count). The Morgan fingerprint density at radius 3 is 2.63 bits per heavy atom. The molecular weight excluding hydrogens is 440 g/mol. The van der Waals surface area contributed by atoms with Gasteiger partial charge in [0.1, 0.15) is 18.1 Å². The van der Waals surface area contributed by atoms with Gasteiger partial charge in [0.05, 0.1) is 5.52 Å². The number of hydrogen-bond donors (Lipinski definition) is 1. The molecule has 0 radical (unpaired) electrons. The molecule has 0 saturated carbocycles. The molecule has 1 atom stereocenters. The Morgan fingerprint density at radius 2 is 1.89 bits per heavy atom. The van der Waals surface area contributed by atoms with Gasteiger partial charge in [0, 0.05) is 30.2 Å². The smallest absolute Gasteiger partial charge is 0.249 e. The van der Waals surface area contributed by atoms with E-state index in [-0.39, 0.29) is 18.4 Å². The topological polar surface area (TPSA) is 93.0 Å². The van der Waals surface area contributed by atoms with Crippen LogP contribution in [0.2, 0.25) is 0 Å². The fourth-order valence-electron chi connectivity index (χ4n) is 3.99. The zero-order chi connectivity index (χ0) is 24.8. The van der Waals surface area contributed by atoms with Gasteiger partial charge >= 0.3 is 0 Å². The van der Waals surface area contributed by atoms with Crippen LogP contribution in [-0.4, -0.2) is 38.3 Å². The molecule has 0 spiro atoms. The predicted molar refractivity (Wildman–Crippen MR) is 136 cm³/mol. The summed E-state index contributed by atoms with van der Waals surface area (Å²) in [4.78, 5) is 33.2. The summed E-state index contributed by atoms with van der Waals surface area (Å²) in [6, 6.07) is 17.8. The minimum Gasteiger partial charge on any atom is -0.354 e. The van der Waals surface area contributed by atoms with E-state index < -0.39 is 6.04 Å². The maximum absolute atomic E-state index is 13.9. The summed E-state index contributed by atoms with van der Waals surface area (Å²) in [5, 5.41) is 11.4. The van der Waals surface area contributed by atoms with Crippen molar-refractivity contribution in [3.63, 3.8) is 0 Å². The van der Waals surface area contributed by atoms with Crippen molar-refractivity contribution in [3.05, 3.63) is 84.2 Å². The molecule has 2 aromatic heterocycles. The lowest BCUT2D eigenvalue weighted by Gasteiger charge is -2.31. The van der Waals surface area contributed by atoms with E-state index in [0.29, 0.717) is 29.2 Å². The summed E-state index contributed by atoms with van der Waals surface area (Å²) >= 11 is 0. The second-order valence-corrected chi connectivity index (χ2v) is 9.00. The van der Waals surface area contributed by atoms with Crippen molar-refractivity contribution < 1.29 is 9.59 Å². The van der Waals surface area contributed by atoms with Gasteiger partial charge in [-0.1, -0.05) is 49.4 Å². The van der Waals surface area contributed by atoms with Crippen LogP contribution in [0.4, 0.5) is 5.69 Å². The highest BCUT2D eigenvalue weighted by atomic mass is 16.2. The van der Waals surface area contributed by atoms with Crippen LogP contribution in [0.25, 0.3) is 11.0 Å². The Bertz CT molecular complexity index is 1300. The molecule has 8 heteroatoms. The predicted octanol–water partition coefficient (Wildman–Crippen LogP) is 4.07. The van der Waals surface area contributed by atoms with E-state index >= 15 is 0 Å². The Labute approximate surface area is 205 Å². The van der Waals surface area contributed by atoms with Crippen LogP contribution in [0.15, 0.2) is 73.1 Å². The number of amides is 2. The minimum atomic E-state index is -0.889. The average Bonchev–Trinajstić information content (AvgIpc) is 3.25. The van der Waals surface area contributed by atoms with Gasteiger partial charge in [0.2, 0.25) is 11.8 Å². The first-order chi connectivity index (χ1) is 16.9. The number of hydrogen-bond acceptors (Lipinski definition) is 5. The number of aromatic nitrogens is 4. The molecule has 0 aliphatic heterocycles. The maximum atomic E-state index is 13.9. The fourth-order valence-corrected chi connectivity index (χ4v) is 3.99. The van der Waals surface area contributed by atoms with Crippen molar-refractivity contribution >= 4 is 28.5 Å². The zero-order valence-corrected chi connectivity index (χ0v) is 20.3. The molecular formula is C27H30N6O2. The van der Waals surface area contributed by atoms with E-state index in [9.17, 15) is 9.59 Å². The minimum absolute atomic E-state index is 0.0650. The second-order valence-electron chi connectivity index (χ2n) is 9.00. The van der Waals surface area contributed by atoms with Crippen LogP contribution in [0, 0.1) is 12.8 Å². The van der Waals surface area contributed by atoms with E-state index in [0.717, 1.165) is 17.5 Å². The van der Waals surface area contributed by atoms with Crippen molar-refractivity contribution in [2.24, 2.45) is 5.92 Å². The van der Waals surface area contributed by atoms with Gasteiger partial charge < -0.3 is 5.32 Å². The first-order valence-electron chi connectivity index (χ1n) is 11.8. The van der Waals surface area contributed by atoms with Crippen LogP contribution in [0.1, 0.15) is 37.4 Å². The number of fused-ring (bicyclic) bond motifs is 1. The van der Waals surface area contributed by atoms with Crippen molar-refractivity contribution in [3.8, 4) is 0 Å². The van der Waals surface area contributed by atoms with Crippen LogP contribution in [-0.2, 0) is 16.1 Å². The quantitative estimate of drug-likeness (QED) is 0.398. The molecule has 0 aliphatic rings. The molecule has 2 aromatic carbocycles. The number of anilines is 1. The molecule has 0 bridgehead atoms. The number of carbonyl (C=O) groups is 2. The average molecular weight is 471 g/mol. The standard InChI is InChI=1S/C27H30N6O2/c1-19(2)13-15-29-27(35)26(21-9-7-14-28-17-21)33(22-10-6-8-20(3)16-22)25(34)18-32-24-12-5-4-11-23(24)30-31-32/h4-12,14,16-17,19,26H,13,15,18H2,1-3H3,(H,29,35)/t26-/m0/s1. The van der Waals surface area contributed by atoms with Gasteiger partial charge in [-0.05, 0) is 55.2 Å². The third-order valence-corrected chi connectivity index (χ3v) is 5.78. The number of pyridine rings is 1. The Balaban J connectivity index is 1.74. The Kier molecular flexibility index (Phi) is 7.50. The summed E-state index contributed by atoms with van der Waals surface area (Å²) < 4.78 is 1.57. The highest BCUT2D eigenvalue weighted by molar-refractivity contribution is 6.01. The maximum Gasteiger partial charge on any atom is 0.249 e. The van der Waals surface area contributed by atoms with Gasteiger partial charge in [-0.2, -0.15) is 0 Å². The number of nitrogens with zero attached hydrogens (tertiary/aromatic N) is 5. The van der Waals surface area contributed by atoms with Gasteiger partial charge in [-0.25, -0.2) is 4.68 Å². The molecule has 0 saturated heterocycles. The lowest BCUT2D eigenvalue weighted by Crippen LogP contribution is -2.45. The summed E-state index contributed by atoms with van der Waals surface area (Å²) in [6.45, 7) is 6.63. The van der Waals surface area contributed by atoms with E-state index in [1.807, 2.05) is 61.5 Å². The van der Waals surface area contributed by atoms with E-state index in [4.69, 9.17) is 0 Å². The summed E-state index contributed by atoms with van der Waals surface area (Å²) in [6.07, 6.45) is 4.13. The van der Waals surface area contributed by atoms with Crippen molar-refractivity contribution in [2.75, 3.05) is 11.4 Å².